The molecule has 7 heteroatoms. The minimum atomic E-state index is -0.335. The van der Waals surface area contributed by atoms with E-state index in [1.807, 2.05) is 30.3 Å². The zero-order chi connectivity index (χ0) is 19.4. The Hall–Kier alpha value is -3.35. The highest BCUT2D eigenvalue weighted by Gasteiger charge is 2.41. The number of aromatic nitrogens is 3. The smallest absolute Gasteiger partial charge is 0.258 e. The summed E-state index contributed by atoms with van der Waals surface area (Å²) in [7, 11) is 0. The van der Waals surface area contributed by atoms with E-state index in [2.05, 4.69) is 25.6 Å². The monoisotopic (exact) mass is 377 g/mol. The van der Waals surface area contributed by atoms with Crippen molar-refractivity contribution in [1.82, 2.24) is 15.0 Å². The molecule has 1 aromatic carbocycles. The van der Waals surface area contributed by atoms with Crippen LogP contribution in [-0.2, 0) is 5.41 Å². The number of amides is 1. The highest BCUT2D eigenvalue weighted by atomic mass is 19.1. The maximum absolute atomic E-state index is 14.2. The summed E-state index contributed by atoms with van der Waals surface area (Å²) in [5, 5.41) is 5.96. The fraction of sp³-hybridized carbons (Fsp3) is 0.238. The number of nitrogens with one attached hydrogen (secondary N) is 2. The van der Waals surface area contributed by atoms with Crippen LogP contribution in [0.2, 0.25) is 0 Å². The molecule has 2 aromatic heterocycles. The van der Waals surface area contributed by atoms with Crippen molar-refractivity contribution in [2.45, 2.75) is 24.7 Å². The molecule has 0 radical (unpaired) electrons. The summed E-state index contributed by atoms with van der Waals surface area (Å²) in [5.74, 6) is -0.152. The zero-order valence-corrected chi connectivity index (χ0v) is 15.2. The van der Waals surface area contributed by atoms with E-state index in [0.717, 1.165) is 19.3 Å². The third-order valence-corrected chi connectivity index (χ3v) is 5.10. The van der Waals surface area contributed by atoms with Gasteiger partial charge >= 0.3 is 0 Å². The standard InChI is InChI=1S/C21H20FN5O/c22-17-8-4-11-23-18(17)21(9-5-10-21)14-26-20-24-12-15(13-25-20)19(28)27-16-6-2-1-3-7-16/h1-4,6-8,11-13H,5,9-10,14H2,(H,27,28)(H,24,25,26). The number of rotatable bonds is 6. The summed E-state index contributed by atoms with van der Waals surface area (Å²) in [4.78, 5) is 25.0. The van der Waals surface area contributed by atoms with Crippen molar-refractivity contribution in [2.75, 3.05) is 17.2 Å². The van der Waals surface area contributed by atoms with Crippen LogP contribution in [0.5, 0.6) is 0 Å². The summed E-state index contributed by atoms with van der Waals surface area (Å²) >= 11 is 0. The number of halogens is 1. The predicted molar refractivity (Wildman–Crippen MR) is 105 cm³/mol. The Morgan fingerprint density at radius 1 is 1.04 bits per heavy atom. The van der Waals surface area contributed by atoms with Gasteiger partial charge in [0.05, 0.1) is 11.3 Å². The number of benzene rings is 1. The molecule has 0 saturated heterocycles. The number of pyridine rings is 1. The van der Waals surface area contributed by atoms with E-state index in [1.165, 1.54) is 18.5 Å². The third-order valence-electron chi connectivity index (χ3n) is 5.10. The molecule has 3 aromatic rings. The van der Waals surface area contributed by atoms with Gasteiger partial charge in [-0.25, -0.2) is 14.4 Å². The first-order valence-corrected chi connectivity index (χ1v) is 9.20. The number of hydrogen-bond donors (Lipinski definition) is 2. The minimum Gasteiger partial charge on any atom is -0.353 e. The third kappa shape index (κ3) is 3.69. The van der Waals surface area contributed by atoms with E-state index in [1.54, 1.807) is 12.3 Å². The molecule has 4 rings (SSSR count). The van der Waals surface area contributed by atoms with E-state index < -0.39 is 0 Å². The van der Waals surface area contributed by atoms with Crippen LogP contribution in [0.1, 0.15) is 35.3 Å². The van der Waals surface area contributed by atoms with E-state index in [4.69, 9.17) is 0 Å². The van der Waals surface area contributed by atoms with Crippen LogP contribution in [-0.4, -0.2) is 27.4 Å². The van der Waals surface area contributed by atoms with Gasteiger partial charge in [0, 0.05) is 36.2 Å². The van der Waals surface area contributed by atoms with Crippen LogP contribution in [0.4, 0.5) is 16.0 Å². The van der Waals surface area contributed by atoms with Crippen LogP contribution < -0.4 is 10.6 Å². The maximum Gasteiger partial charge on any atom is 0.258 e. The van der Waals surface area contributed by atoms with Crippen molar-refractivity contribution in [3.8, 4) is 0 Å². The summed E-state index contributed by atoms with van der Waals surface area (Å²) in [6.45, 7) is 0.497. The van der Waals surface area contributed by atoms with Gasteiger partial charge < -0.3 is 10.6 Å². The second kappa shape index (κ2) is 7.72. The van der Waals surface area contributed by atoms with E-state index >= 15 is 0 Å². The predicted octanol–water partition coefficient (Wildman–Crippen LogP) is 3.80. The Bertz CT molecular complexity index is 958. The van der Waals surface area contributed by atoms with Crippen LogP contribution in [0, 0.1) is 5.82 Å². The molecule has 1 amide bonds. The van der Waals surface area contributed by atoms with Crippen molar-refractivity contribution in [3.63, 3.8) is 0 Å². The van der Waals surface area contributed by atoms with Gasteiger partial charge in [0.1, 0.15) is 5.82 Å². The van der Waals surface area contributed by atoms with Crippen LogP contribution >= 0.6 is 0 Å². The molecule has 1 aliphatic rings. The Morgan fingerprint density at radius 2 is 1.79 bits per heavy atom. The fourth-order valence-electron chi connectivity index (χ4n) is 3.39. The minimum absolute atomic E-state index is 0.274. The summed E-state index contributed by atoms with van der Waals surface area (Å²) in [6, 6.07) is 12.2. The average Bonchev–Trinajstić information content (AvgIpc) is 2.69. The first kappa shape index (κ1) is 18.0. The van der Waals surface area contributed by atoms with Gasteiger partial charge in [0.2, 0.25) is 5.95 Å². The largest absolute Gasteiger partial charge is 0.353 e. The van der Waals surface area contributed by atoms with Crippen LogP contribution in [0.15, 0.2) is 61.1 Å². The molecule has 28 heavy (non-hydrogen) atoms. The molecule has 1 saturated carbocycles. The molecule has 1 fully saturated rings. The lowest BCUT2D eigenvalue weighted by Gasteiger charge is -2.41. The molecule has 6 nitrogen and oxygen atoms in total. The second-order valence-electron chi connectivity index (χ2n) is 6.94. The number of para-hydroxylation sites is 1. The first-order valence-electron chi connectivity index (χ1n) is 9.20. The molecule has 2 N–H and O–H groups in total. The highest BCUT2D eigenvalue weighted by Crippen LogP contribution is 2.43. The normalized spacial score (nSPS) is 14.8. The van der Waals surface area contributed by atoms with Gasteiger partial charge in [0.25, 0.3) is 5.91 Å². The number of carbonyl (C=O) groups excluding carboxylic acids is 1. The first-order chi connectivity index (χ1) is 13.7. The number of nitrogens with zero attached hydrogens (tertiary/aromatic N) is 3. The van der Waals surface area contributed by atoms with Crippen molar-refractivity contribution in [2.24, 2.45) is 0 Å². The lowest BCUT2D eigenvalue weighted by atomic mass is 9.66. The van der Waals surface area contributed by atoms with Crippen molar-refractivity contribution in [3.05, 3.63) is 78.1 Å². The molecule has 0 bridgehead atoms. The topological polar surface area (TPSA) is 79.8 Å². The zero-order valence-electron chi connectivity index (χ0n) is 15.2. The molecule has 0 spiro atoms. The summed E-state index contributed by atoms with van der Waals surface area (Å²) in [6.07, 6.45) is 7.34. The molecular weight excluding hydrogens is 357 g/mol. The number of hydrogen-bond acceptors (Lipinski definition) is 5. The van der Waals surface area contributed by atoms with Crippen LogP contribution in [0.25, 0.3) is 0 Å². The van der Waals surface area contributed by atoms with Gasteiger partial charge in [0.15, 0.2) is 0 Å². The van der Waals surface area contributed by atoms with Gasteiger partial charge in [-0.3, -0.25) is 9.78 Å². The van der Waals surface area contributed by atoms with E-state index in [0.29, 0.717) is 29.4 Å². The molecule has 1 aliphatic carbocycles. The summed E-state index contributed by atoms with van der Waals surface area (Å²) in [5.41, 5.74) is 1.23. The number of anilines is 2. The molecule has 2 heterocycles. The molecule has 142 valence electrons. The highest BCUT2D eigenvalue weighted by molar-refractivity contribution is 6.03. The fourth-order valence-corrected chi connectivity index (χ4v) is 3.39. The average molecular weight is 377 g/mol. The molecule has 0 unspecified atom stereocenters. The molecular formula is C21H20FN5O. The van der Waals surface area contributed by atoms with Crippen molar-refractivity contribution < 1.29 is 9.18 Å². The van der Waals surface area contributed by atoms with Gasteiger partial charge in [-0.05, 0) is 37.1 Å². The maximum atomic E-state index is 14.2. The summed E-state index contributed by atoms with van der Waals surface area (Å²) < 4.78 is 14.2. The lowest BCUT2D eigenvalue weighted by Crippen LogP contribution is -2.42. The second-order valence-corrected chi connectivity index (χ2v) is 6.94. The Labute approximate surface area is 162 Å². The van der Waals surface area contributed by atoms with Gasteiger partial charge in [-0.15, -0.1) is 0 Å². The quantitative estimate of drug-likeness (QED) is 0.683. The van der Waals surface area contributed by atoms with Crippen molar-refractivity contribution in [1.29, 1.82) is 0 Å². The Kier molecular flexibility index (Phi) is 4.97. The van der Waals surface area contributed by atoms with Crippen LogP contribution in [0.3, 0.4) is 0 Å². The lowest BCUT2D eigenvalue weighted by molar-refractivity contribution is 0.102. The van der Waals surface area contributed by atoms with Gasteiger partial charge in [-0.1, -0.05) is 24.6 Å². The van der Waals surface area contributed by atoms with Gasteiger partial charge in [-0.2, -0.15) is 0 Å². The SMILES string of the molecule is O=C(Nc1ccccc1)c1cnc(NCC2(c3ncccc3F)CCC2)nc1. The Morgan fingerprint density at radius 3 is 2.43 bits per heavy atom. The molecule has 0 aliphatic heterocycles. The van der Waals surface area contributed by atoms with Crippen molar-refractivity contribution >= 4 is 17.5 Å². The number of carbonyl (C=O) groups is 1. The van der Waals surface area contributed by atoms with E-state index in [-0.39, 0.29) is 17.1 Å². The van der Waals surface area contributed by atoms with E-state index in [9.17, 15) is 9.18 Å². The Balaban J connectivity index is 1.41. The molecule has 0 atom stereocenters.